The molecule has 0 aliphatic carbocycles. The van der Waals surface area contributed by atoms with E-state index >= 15 is 0 Å². The Morgan fingerprint density at radius 3 is 2.45 bits per heavy atom. The van der Waals surface area contributed by atoms with Crippen molar-refractivity contribution in [2.24, 2.45) is 0 Å². The molecule has 0 aromatic carbocycles. The third kappa shape index (κ3) is 4.27. The highest BCUT2D eigenvalue weighted by Gasteiger charge is 2.12. The van der Waals surface area contributed by atoms with Gasteiger partial charge in [0.05, 0.1) is 0 Å². The lowest BCUT2D eigenvalue weighted by Crippen LogP contribution is -2.18. The second-order valence-corrected chi connectivity index (χ2v) is 2.05. The monoisotopic (exact) mass is 158 g/mol. The maximum Gasteiger partial charge on any atom is 0.303 e. The van der Waals surface area contributed by atoms with Gasteiger partial charge in [0.1, 0.15) is 6.10 Å². The van der Waals surface area contributed by atoms with Crippen LogP contribution in [0.15, 0.2) is 12.7 Å². The molecule has 0 aliphatic rings. The molecule has 0 aromatic rings. The van der Waals surface area contributed by atoms with Gasteiger partial charge in [-0.2, -0.15) is 0 Å². The number of hydrogen-bond acceptors (Lipinski definition) is 3. The molecule has 0 bridgehead atoms. The second kappa shape index (κ2) is 4.62. The number of carbonyl (C=O) groups is 2. The topological polar surface area (TPSA) is 74.6 Å². The molecule has 0 aliphatic heterocycles. The van der Waals surface area contributed by atoms with Crippen LogP contribution in [0.3, 0.4) is 0 Å². The van der Waals surface area contributed by atoms with E-state index < -0.39 is 17.9 Å². The molecule has 0 rings (SSSR count). The van der Waals surface area contributed by atoms with Gasteiger partial charge in [0, 0.05) is 6.42 Å². The van der Waals surface area contributed by atoms with Crippen LogP contribution < -0.4 is 0 Å². The van der Waals surface area contributed by atoms with Gasteiger partial charge in [0.15, 0.2) is 5.78 Å². The molecule has 0 fully saturated rings. The Bertz CT molecular complexity index is 173. The van der Waals surface area contributed by atoms with Gasteiger partial charge >= 0.3 is 5.97 Å². The molecule has 0 saturated carbocycles. The summed E-state index contributed by atoms with van der Waals surface area (Å²) in [4.78, 5) is 20.5. The number of aliphatic hydroxyl groups is 1. The van der Waals surface area contributed by atoms with E-state index in [1.165, 1.54) is 0 Å². The van der Waals surface area contributed by atoms with Gasteiger partial charge in [-0.15, -0.1) is 0 Å². The molecule has 4 nitrogen and oxygen atoms in total. The van der Waals surface area contributed by atoms with Gasteiger partial charge in [0.2, 0.25) is 0 Å². The van der Waals surface area contributed by atoms with Crippen molar-refractivity contribution < 1.29 is 19.8 Å². The fraction of sp³-hybridized carbons (Fsp3) is 0.429. The fourth-order valence-corrected chi connectivity index (χ4v) is 0.538. The zero-order chi connectivity index (χ0) is 8.85. The third-order valence-corrected chi connectivity index (χ3v) is 1.16. The minimum Gasteiger partial charge on any atom is -0.481 e. The third-order valence-electron chi connectivity index (χ3n) is 1.16. The number of carboxylic acids is 1. The molecular weight excluding hydrogens is 148 g/mol. The van der Waals surface area contributed by atoms with Crippen molar-refractivity contribution in [3.8, 4) is 0 Å². The van der Waals surface area contributed by atoms with Gasteiger partial charge in [-0.05, 0) is 12.5 Å². The number of rotatable bonds is 5. The average molecular weight is 158 g/mol. The molecule has 11 heavy (non-hydrogen) atoms. The minimum absolute atomic E-state index is 0.0554. The zero-order valence-electron chi connectivity index (χ0n) is 5.99. The molecule has 0 amide bonds. The van der Waals surface area contributed by atoms with E-state index in [2.05, 4.69) is 6.58 Å². The predicted molar refractivity (Wildman–Crippen MR) is 38.1 cm³/mol. The first kappa shape index (κ1) is 9.84. The highest BCUT2D eigenvalue weighted by molar-refractivity contribution is 5.92. The summed E-state index contributed by atoms with van der Waals surface area (Å²) in [7, 11) is 0. The predicted octanol–water partition coefficient (Wildman–Crippen LogP) is -0.0328. The SMILES string of the molecule is C=CC(=O)C(O)CCC(=O)O. The standard InChI is InChI=1S/C7H10O4/c1-2-5(8)6(9)3-4-7(10)11/h2,6,9H,1,3-4H2,(H,10,11). The second-order valence-electron chi connectivity index (χ2n) is 2.05. The quantitative estimate of drug-likeness (QED) is 0.551. The van der Waals surface area contributed by atoms with Crippen molar-refractivity contribution in [2.75, 3.05) is 0 Å². The van der Waals surface area contributed by atoms with Crippen LogP contribution in [0.5, 0.6) is 0 Å². The Hall–Kier alpha value is -1.16. The summed E-state index contributed by atoms with van der Waals surface area (Å²) in [6.45, 7) is 3.15. The Labute approximate surface area is 64.2 Å². The van der Waals surface area contributed by atoms with E-state index in [9.17, 15) is 9.59 Å². The Kier molecular flexibility index (Phi) is 4.14. The van der Waals surface area contributed by atoms with Crippen LogP contribution in [0.25, 0.3) is 0 Å². The Morgan fingerprint density at radius 2 is 2.09 bits per heavy atom. The lowest BCUT2D eigenvalue weighted by Gasteiger charge is -2.02. The first-order valence-corrected chi connectivity index (χ1v) is 3.14. The smallest absolute Gasteiger partial charge is 0.303 e. The summed E-state index contributed by atoms with van der Waals surface area (Å²) in [5, 5.41) is 17.1. The van der Waals surface area contributed by atoms with Crippen LogP contribution in [0.1, 0.15) is 12.8 Å². The number of ketones is 1. The zero-order valence-corrected chi connectivity index (χ0v) is 5.99. The van der Waals surface area contributed by atoms with Crippen molar-refractivity contribution in [3.05, 3.63) is 12.7 Å². The van der Waals surface area contributed by atoms with Gasteiger partial charge < -0.3 is 10.2 Å². The van der Waals surface area contributed by atoms with Gasteiger partial charge in [-0.3, -0.25) is 9.59 Å². The molecular formula is C7H10O4. The van der Waals surface area contributed by atoms with E-state index in [-0.39, 0.29) is 12.8 Å². The molecule has 0 radical (unpaired) electrons. The molecule has 62 valence electrons. The minimum atomic E-state index is -1.22. The van der Waals surface area contributed by atoms with Crippen molar-refractivity contribution >= 4 is 11.8 Å². The number of aliphatic carboxylic acids is 1. The molecule has 1 atom stereocenters. The highest BCUT2D eigenvalue weighted by atomic mass is 16.4. The first-order chi connectivity index (χ1) is 5.07. The van der Waals surface area contributed by atoms with Gasteiger partial charge in [-0.1, -0.05) is 6.58 Å². The lowest BCUT2D eigenvalue weighted by molar-refractivity contribution is -0.137. The van der Waals surface area contributed by atoms with Gasteiger partial charge in [-0.25, -0.2) is 0 Å². The number of aliphatic hydroxyl groups excluding tert-OH is 1. The van der Waals surface area contributed by atoms with Crippen molar-refractivity contribution in [1.29, 1.82) is 0 Å². The van der Waals surface area contributed by atoms with Crippen LogP contribution in [0, 0.1) is 0 Å². The first-order valence-electron chi connectivity index (χ1n) is 3.14. The lowest BCUT2D eigenvalue weighted by atomic mass is 10.1. The van der Waals surface area contributed by atoms with Gasteiger partial charge in [0.25, 0.3) is 0 Å². The number of carbonyl (C=O) groups excluding carboxylic acids is 1. The van der Waals surface area contributed by atoms with Crippen molar-refractivity contribution in [1.82, 2.24) is 0 Å². The largest absolute Gasteiger partial charge is 0.481 e. The molecule has 1 unspecified atom stereocenters. The van der Waals surface area contributed by atoms with E-state index in [1.54, 1.807) is 0 Å². The van der Waals surface area contributed by atoms with E-state index in [0.29, 0.717) is 0 Å². The maximum absolute atomic E-state index is 10.6. The summed E-state index contributed by atoms with van der Waals surface area (Å²) in [5.41, 5.74) is 0. The van der Waals surface area contributed by atoms with Crippen LogP contribution in [0.2, 0.25) is 0 Å². The van der Waals surface area contributed by atoms with E-state index in [4.69, 9.17) is 10.2 Å². The summed E-state index contributed by atoms with van der Waals surface area (Å²) in [6.07, 6.45) is -0.503. The number of carboxylic acid groups (broad SMARTS) is 1. The number of hydrogen-bond donors (Lipinski definition) is 2. The van der Waals surface area contributed by atoms with Crippen LogP contribution in [0.4, 0.5) is 0 Å². The average Bonchev–Trinajstić information content (AvgIpc) is 1.98. The summed E-state index contributed by atoms with van der Waals surface area (Å²) < 4.78 is 0. The molecule has 0 aromatic heterocycles. The Morgan fingerprint density at radius 1 is 1.55 bits per heavy atom. The maximum atomic E-state index is 10.6. The van der Waals surface area contributed by atoms with Crippen molar-refractivity contribution in [2.45, 2.75) is 18.9 Å². The summed E-state index contributed by atoms with van der Waals surface area (Å²) in [6, 6.07) is 0. The summed E-state index contributed by atoms with van der Waals surface area (Å²) in [5.74, 6) is -1.56. The molecule has 0 heterocycles. The molecule has 4 heteroatoms. The molecule has 0 spiro atoms. The fourth-order valence-electron chi connectivity index (χ4n) is 0.538. The normalized spacial score (nSPS) is 12.1. The summed E-state index contributed by atoms with van der Waals surface area (Å²) >= 11 is 0. The highest BCUT2D eigenvalue weighted by Crippen LogP contribution is 1.98. The van der Waals surface area contributed by atoms with E-state index in [1.807, 2.05) is 0 Å². The van der Waals surface area contributed by atoms with E-state index in [0.717, 1.165) is 6.08 Å². The molecule has 2 N–H and O–H groups in total. The molecule has 0 saturated heterocycles. The van der Waals surface area contributed by atoms with Crippen LogP contribution >= 0.6 is 0 Å². The van der Waals surface area contributed by atoms with Crippen LogP contribution in [-0.4, -0.2) is 28.1 Å². The van der Waals surface area contributed by atoms with Crippen molar-refractivity contribution in [3.63, 3.8) is 0 Å². The Balaban J connectivity index is 3.68. The van der Waals surface area contributed by atoms with Crippen LogP contribution in [-0.2, 0) is 9.59 Å².